The third-order valence-electron chi connectivity index (χ3n) is 9.31. The van der Waals surface area contributed by atoms with Crippen LogP contribution < -0.4 is 0 Å². The zero-order valence-electron chi connectivity index (χ0n) is 26.0. The smallest absolute Gasteiger partial charge is 0.188 e. The van der Waals surface area contributed by atoms with Crippen molar-refractivity contribution in [3.63, 3.8) is 0 Å². The average molecular weight is 617 g/mol. The summed E-state index contributed by atoms with van der Waals surface area (Å²) in [6.45, 7) is 8.67. The largest absolute Gasteiger partial charge is 0.372 e. The minimum atomic E-state index is 0.544. The minimum Gasteiger partial charge on any atom is -0.372 e. The summed E-state index contributed by atoms with van der Waals surface area (Å²) < 4.78 is 8.51. The summed E-state index contributed by atoms with van der Waals surface area (Å²) >= 11 is 0. The van der Waals surface area contributed by atoms with Crippen molar-refractivity contribution in [3.8, 4) is 50.2 Å². The van der Waals surface area contributed by atoms with Gasteiger partial charge in [-0.05, 0) is 117 Å². The van der Waals surface area contributed by atoms with Crippen LogP contribution in [0.5, 0.6) is 0 Å². The lowest BCUT2D eigenvalue weighted by Gasteiger charge is -2.16. The van der Waals surface area contributed by atoms with Gasteiger partial charge in [-0.15, -0.1) is 0 Å². The van der Waals surface area contributed by atoms with Gasteiger partial charge in [0.25, 0.3) is 0 Å². The Morgan fingerprint density at radius 1 is 0.542 bits per heavy atom. The summed E-state index contributed by atoms with van der Waals surface area (Å²) in [5, 5.41) is 2.22. The summed E-state index contributed by atoms with van der Waals surface area (Å²) in [7, 11) is 0. The van der Waals surface area contributed by atoms with E-state index in [0.29, 0.717) is 18.9 Å². The topological polar surface area (TPSA) is 44.3 Å². The summed E-state index contributed by atoms with van der Waals surface area (Å²) in [6.07, 6.45) is 7.43. The van der Waals surface area contributed by atoms with Crippen LogP contribution in [-0.4, -0.2) is 14.5 Å². The van der Waals surface area contributed by atoms with Gasteiger partial charge in [-0.1, -0.05) is 54.6 Å². The number of aromatic nitrogens is 3. The van der Waals surface area contributed by atoms with Gasteiger partial charge < -0.3 is 9.30 Å². The number of para-hydroxylation sites is 1. The zero-order chi connectivity index (χ0) is 32.0. The molecule has 1 aliphatic rings. The molecule has 0 saturated heterocycles. The molecule has 0 aliphatic carbocycles. The molecule has 0 unspecified atom stereocenters. The number of ether oxygens (including phenoxy) is 1. The Morgan fingerprint density at radius 2 is 1.19 bits per heavy atom. The molecule has 1 aliphatic heterocycles. The minimum absolute atomic E-state index is 0.544. The molecule has 8 aromatic rings. The molecule has 4 heterocycles. The maximum absolute atomic E-state index is 7.58. The highest BCUT2D eigenvalue weighted by molar-refractivity contribution is 6.10. The number of hydrogen-bond acceptors (Lipinski definition) is 3. The normalized spacial score (nSPS) is 12.3. The van der Waals surface area contributed by atoms with Crippen molar-refractivity contribution in [2.24, 2.45) is 0 Å². The van der Waals surface area contributed by atoms with Crippen molar-refractivity contribution in [1.82, 2.24) is 14.5 Å². The van der Waals surface area contributed by atoms with Gasteiger partial charge in [0.15, 0.2) is 5.69 Å². The van der Waals surface area contributed by atoms with E-state index in [1.54, 1.807) is 12.4 Å². The molecule has 0 N–H and O–H groups in total. The van der Waals surface area contributed by atoms with Gasteiger partial charge in [0.05, 0.1) is 30.8 Å². The lowest BCUT2D eigenvalue weighted by atomic mass is 9.90. The van der Waals surface area contributed by atoms with Gasteiger partial charge in [-0.25, -0.2) is 4.85 Å². The summed E-state index contributed by atoms with van der Waals surface area (Å²) in [5.41, 5.74) is 15.2. The Kier molecular flexibility index (Phi) is 6.67. The Labute approximate surface area is 278 Å². The SMILES string of the molecule is [C-]#[N+]c1ccc2c(c1)c1ccccc1n2-c1ccc2c(c1)-c1cc(-c3cc(-c4cccnc4)cc(-c4cccnc4)c3)ccc1COC2. The first-order valence-electron chi connectivity index (χ1n) is 15.9. The van der Waals surface area contributed by atoms with E-state index in [1.165, 1.54) is 11.1 Å². The highest BCUT2D eigenvalue weighted by Gasteiger charge is 2.19. The Hall–Kier alpha value is -6.35. The number of pyridine rings is 2. The van der Waals surface area contributed by atoms with E-state index in [2.05, 4.69) is 116 Å². The van der Waals surface area contributed by atoms with E-state index in [0.717, 1.165) is 72.0 Å². The highest BCUT2D eigenvalue weighted by atomic mass is 16.5. The predicted octanol–water partition coefficient (Wildman–Crippen LogP) is 10.8. The molecule has 0 saturated carbocycles. The number of benzene rings is 5. The van der Waals surface area contributed by atoms with Crippen LogP contribution in [0.4, 0.5) is 5.69 Å². The predicted molar refractivity (Wildman–Crippen MR) is 193 cm³/mol. The third kappa shape index (κ3) is 4.75. The first-order chi connectivity index (χ1) is 23.7. The molecule has 5 aromatic carbocycles. The van der Waals surface area contributed by atoms with Gasteiger partial charge in [-0.2, -0.15) is 0 Å². The second-order valence-electron chi connectivity index (χ2n) is 12.2. The van der Waals surface area contributed by atoms with Gasteiger partial charge in [0, 0.05) is 47.0 Å². The lowest BCUT2D eigenvalue weighted by molar-refractivity contribution is 0.110. The van der Waals surface area contributed by atoms with Crippen LogP contribution in [0.25, 0.3) is 76.8 Å². The van der Waals surface area contributed by atoms with Gasteiger partial charge >= 0.3 is 0 Å². The summed E-state index contributed by atoms with van der Waals surface area (Å²) in [6, 6.07) is 42.7. The second kappa shape index (κ2) is 11.5. The van der Waals surface area contributed by atoms with E-state index >= 15 is 0 Å². The van der Waals surface area contributed by atoms with Crippen molar-refractivity contribution in [2.75, 3.05) is 0 Å². The van der Waals surface area contributed by atoms with Crippen LogP contribution in [0, 0.1) is 6.57 Å². The highest BCUT2D eigenvalue weighted by Crippen LogP contribution is 2.40. The molecule has 5 heteroatoms. The zero-order valence-corrected chi connectivity index (χ0v) is 26.0. The molecule has 9 rings (SSSR count). The van der Waals surface area contributed by atoms with Gasteiger partial charge in [0.1, 0.15) is 0 Å². The molecule has 0 spiro atoms. The van der Waals surface area contributed by atoms with Crippen molar-refractivity contribution < 1.29 is 4.74 Å². The molecule has 0 fully saturated rings. The maximum atomic E-state index is 7.58. The molecule has 48 heavy (non-hydrogen) atoms. The van der Waals surface area contributed by atoms with E-state index in [4.69, 9.17) is 11.3 Å². The first-order valence-corrected chi connectivity index (χ1v) is 15.9. The molecule has 0 atom stereocenters. The third-order valence-corrected chi connectivity index (χ3v) is 9.31. The summed E-state index contributed by atoms with van der Waals surface area (Å²) in [4.78, 5) is 12.5. The van der Waals surface area contributed by atoms with E-state index < -0.39 is 0 Å². The Bertz CT molecular complexity index is 2490. The molecular weight excluding hydrogens is 589 g/mol. The summed E-state index contributed by atoms with van der Waals surface area (Å²) in [5.74, 6) is 0. The van der Waals surface area contributed by atoms with E-state index in [1.807, 2.05) is 36.7 Å². The van der Waals surface area contributed by atoms with Gasteiger partial charge in [0.2, 0.25) is 0 Å². The number of hydrogen-bond donors (Lipinski definition) is 0. The maximum Gasteiger partial charge on any atom is 0.188 e. The average Bonchev–Trinajstić information content (AvgIpc) is 3.37. The quantitative estimate of drug-likeness (QED) is 0.185. The standard InChI is InChI=1S/C43H28N4O/c1-44-36-13-15-43-41(22-36)38-8-2-3-9-42(38)47(43)37-14-12-32-27-48-26-31-11-10-28(21-39(31)40(32)23-37)33-18-34(29-6-4-16-45-24-29)20-35(19-33)30-7-5-17-46-25-30/h2-25H,26-27H2. The molecule has 0 radical (unpaired) electrons. The van der Waals surface area contributed by atoms with Crippen LogP contribution in [-0.2, 0) is 18.0 Å². The van der Waals surface area contributed by atoms with Crippen LogP contribution >= 0.6 is 0 Å². The first kappa shape index (κ1) is 27.9. The fourth-order valence-electron chi connectivity index (χ4n) is 6.99. The molecule has 226 valence electrons. The lowest BCUT2D eigenvalue weighted by Crippen LogP contribution is -1.97. The van der Waals surface area contributed by atoms with Crippen molar-refractivity contribution >= 4 is 27.5 Å². The molecular formula is C43H28N4O. The monoisotopic (exact) mass is 616 g/mol. The van der Waals surface area contributed by atoms with Gasteiger partial charge in [-0.3, -0.25) is 9.97 Å². The second-order valence-corrected chi connectivity index (χ2v) is 12.2. The van der Waals surface area contributed by atoms with Crippen molar-refractivity contribution in [2.45, 2.75) is 13.2 Å². The number of nitrogens with zero attached hydrogens (tertiary/aromatic N) is 4. The number of fused-ring (bicyclic) bond motifs is 6. The van der Waals surface area contributed by atoms with Crippen LogP contribution in [0.1, 0.15) is 11.1 Å². The Balaban J connectivity index is 1.23. The fourth-order valence-corrected chi connectivity index (χ4v) is 6.99. The van der Waals surface area contributed by atoms with Crippen molar-refractivity contribution in [3.05, 3.63) is 169 Å². The van der Waals surface area contributed by atoms with E-state index in [9.17, 15) is 0 Å². The molecule has 0 amide bonds. The van der Waals surface area contributed by atoms with Crippen LogP contribution in [0.3, 0.4) is 0 Å². The molecule has 0 bridgehead atoms. The number of rotatable bonds is 4. The Morgan fingerprint density at radius 3 is 1.88 bits per heavy atom. The van der Waals surface area contributed by atoms with Crippen LogP contribution in [0.2, 0.25) is 0 Å². The van der Waals surface area contributed by atoms with E-state index in [-0.39, 0.29) is 0 Å². The molecule has 3 aromatic heterocycles. The molecule has 5 nitrogen and oxygen atoms in total. The fraction of sp³-hybridized carbons (Fsp3) is 0.0465. The van der Waals surface area contributed by atoms with Crippen LogP contribution in [0.15, 0.2) is 146 Å². The van der Waals surface area contributed by atoms with Crippen molar-refractivity contribution in [1.29, 1.82) is 0 Å².